The van der Waals surface area contributed by atoms with E-state index >= 15 is 0 Å². The fraction of sp³-hybridized carbons (Fsp3) is 0.143. The highest BCUT2D eigenvalue weighted by atomic mass is 32.1. The maximum Gasteiger partial charge on any atom is 0.416 e. The summed E-state index contributed by atoms with van der Waals surface area (Å²) in [6.07, 6.45) is -4.63. The number of rotatable bonds is 5. The predicted octanol–water partition coefficient (Wildman–Crippen LogP) is 6.56. The lowest BCUT2D eigenvalue weighted by Gasteiger charge is -2.13. The molecule has 2 N–H and O–H groups in total. The molecule has 0 aliphatic heterocycles. The van der Waals surface area contributed by atoms with Crippen molar-refractivity contribution in [2.24, 2.45) is 0 Å². The van der Waals surface area contributed by atoms with E-state index in [1.165, 1.54) is 11.3 Å². The van der Waals surface area contributed by atoms with Gasteiger partial charge in [0, 0.05) is 4.88 Å². The minimum atomic E-state index is -4.63. The molecule has 162 valence electrons. The van der Waals surface area contributed by atoms with Gasteiger partial charge in [-0.1, -0.05) is 30.3 Å². The first-order chi connectivity index (χ1) is 14.7. The number of halogens is 4. The minimum Gasteiger partial charge on any atom is -0.462 e. The average Bonchev–Trinajstić information content (AvgIpc) is 3.13. The Morgan fingerprint density at radius 2 is 1.81 bits per heavy atom. The molecule has 0 fully saturated rings. The Kier molecular flexibility index (Phi) is 6.91. The number of ether oxygens (including phenoxy) is 1. The number of carbonyl (C=O) groups excluding carboxylic acids is 1. The fourth-order valence-electron chi connectivity index (χ4n) is 2.64. The summed E-state index contributed by atoms with van der Waals surface area (Å²) in [4.78, 5) is 13.1. The SMILES string of the molecule is CCOC(=O)c1cc(-c2ccccc2)sc1NC(=S)Nc1cc(C(F)(F)F)ccc1F. The lowest BCUT2D eigenvalue weighted by atomic mass is 10.1. The molecule has 0 bridgehead atoms. The number of hydrogen-bond donors (Lipinski definition) is 2. The average molecular weight is 468 g/mol. The fourth-order valence-corrected chi connectivity index (χ4v) is 3.98. The molecule has 3 aromatic rings. The van der Waals surface area contributed by atoms with E-state index in [2.05, 4.69) is 10.6 Å². The summed E-state index contributed by atoms with van der Waals surface area (Å²) in [5.41, 5.74) is -0.396. The van der Waals surface area contributed by atoms with Gasteiger partial charge >= 0.3 is 12.1 Å². The molecule has 0 saturated heterocycles. The highest BCUT2D eigenvalue weighted by Crippen LogP contribution is 2.36. The summed E-state index contributed by atoms with van der Waals surface area (Å²) >= 11 is 6.34. The molecule has 0 spiro atoms. The van der Waals surface area contributed by atoms with E-state index in [0.717, 1.165) is 10.4 Å². The molecule has 0 atom stereocenters. The number of thiocarbonyl (C=S) groups is 1. The van der Waals surface area contributed by atoms with Crippen LogP contribution in [0.25, 0.3) is 10.4 Å². The number of esters is 1. The zero-order valence-electron chi connectivity index (χ0n) is 16.0. The smallest absolute Gasteiger partial charge is 0.416 e. The number of nitrogens with one attached hydrogen (secondary N) is 2. The van der Waals surface area contributed by atoms with Crippen LogP contribution < -0.4 is 10.6 Å². The van der Waals surface area contributed by atoms with Gasteiger partial charge in [0.15, 0.2) is 5.11 Å². The van der Waals surface area contributed by atoms with Crippen LogP contribution in [0.5, 0.6) is 0 Å². The Morgan fingerprint density at radius 1 is 1.10 bits per heavy atom. The van der Waals surface area contributed by atoms with Crippen molar-refractivity contribution >= 4 is 45.3 Å². The largest absolute Gasteiger partial charge is 0.462 e. The summed E-state index contributed by atoms with van der Waals surface area (Å²) in [6, 6.07) is 12.9. The molecule has 1 heterocycles. The van der Waals surface area contributed by atoms with Crippen molar-refractivity contribution in [3.63, 3.8) is 0 Å². The Labute approximate surface area is 184 Å². The van der Waals surface area contributed by atoms with Crippen LogP contribution in [0.4, 0.5) is 28.3 Å². The van der Waals surface area contributed by atoms with Crippen molar-refractivity contribution < 1.29 is 27.1 Å². The Hall–Kier alpha value is -2.98. The summed E-state index contributed by atoms with van der Waals surface area (Å²) in [5, 5.41) is 5.33. The number of hydrogen-bond acceptors (Lipinski definition) is 4. The van der Waals surface area contributed by atoms with E-state index < -0.39 is 29.2 Å². The van der Waals surface area contributed by atoms with Crippen LogP contribution in [-0.2, 0) is 10.9 Å². The third-order valence-corrected chi connectivity index (χ3v) is 5.36. The molecular weight excluding hydrogens is 452 g/mol. The van der Waals surface area contributed by atoms with E-state index in [-0.39, 0.29) is 17.3 Å². The van der Waals surface area contributed by atoms with Crippen molar-refractivity contribution in [2.75, 3.05) is 17.2 Å². The third-order valence-electron chi connectivity index (χ3n) is 4.05. The molecule has 10 heteroatoms. The summed E-state index contributed by atoms with van der Waals surface area (Å²) in [5.74, 6) is -1.49. The second-order valence-corrected chi connectivity index (χ2v) is 7.67. The van der Waals surface area contributed by atoms with Gasteiger partial charge in [-0.15, -0.1) is 11.3 Å². The maximum absolute atomic E-state index is 14.0. The van der Waals surface area contributed by atoms with Crippen LogP contribution >= 0.6 is 23.6 Å². The first-order valence-electron chi connectivity index (χ1n) is 9.00. The summed E-state index contributed by atoms with van der Waals surface area (Å²) in [6.45, 7) is 1.82. The van der Waals surface area contributed by atoms with Gasteiger partial charge in [0.25, 0.3) is 0 Å². The van der Waals surface area contributed by atoms with Gasteiger partial charge in [-0.2, -0.15) is 13.2 Å². The summed E-state index contributed by atoms with van der Waals surface area (Å²) in [7, 11) is 0. The van der Waals surface area contributed by atoms with Crippen molar-refractivity contribution in [1.82, 2.24) is 0 Å². The van der Waals surface area contributed by atoms with Crippen molar-refractivity contribution in [3.05, 3.63) is 71.5 Å². The zero-order valence-corrected chi connectivity index (χ0v) is 17.7. The predicted molar refractivity (Wildman–Crippen MR) is 117 cm³/mol. The monoisotopic (exact) mass is 468 g/mol. The van der Waals surface area contributed by atoms with Gasteiger partial charge < -0.3 is 15.4 Å². The zero-order chi connectivity index (χ0) is 22.6. The molecule has 0 radical (unpaired) electrons. The molecule has 1 aromatic heterocycles. The van der Waals surface area contributed by atoms with Gasteiger partial charge in [0.2, 0.25) is 0 Å². The number of thiophene rings is 1. The highest BCUT2D eigenvalue weighted by molar-refractivity contribution is 7.80. The van der Waals surface area contributed by atoms with E-state index in [1.807, 2.05) is 30.3 Å². The molecule has 3 rings (SSSR count). The van der Waals surface area contributed by atoms with Crippen molar-refractivity contribution in [2.45, 2.75) is 13.1 Å². The Morgan fingerprint density at radius 3 is 2.45 bits per heavy atom. The van der Waals surface area contributed by atoms with Crippen LogP contribution in [0.15, 0.2) is 54.6 Å². The number of alkyl halides is 3. The Balaban J connectivity index is 1.87. The second-order valence-electron chi connectivity index (χ2n) is 6.21. The van der Waals surface area contributed by atoms with E-state index in [0.29, 0.717) is 23.2 Å². The number of carbonyl (C=O) groups is 1. The van der Waals surface area contributed by atoms with E-state index in [4.69, 9.17) is 17.0 Å². The molecule has 0 aliphatic rings. The summed E-state index contributed by atoms with van der Waals surface area (Å²) < 4.78 is 57.8. The third kappa shape index (κ3) is 5.59. The van der Waals surface area contributed by atoms with E-state index in [9.17, 15) is 22.4 Å². The molecule has 4 nitrogen and oxygen atoms in total. The lowest BCUT2D eigenvalue weighted by Crippen LogP contribution is -2.21. The standard InChI is InChI=1S/C21H16F4N2O2S2/c1-2-29-19(28)14-11-17(12-6-4-3-5-7-12)31-18(14)27-20(30)26-16-10-13(21(23,24)25)8-9-15(16)22/h3-11H,2H2,1H3,(H2,26,27,30). The molecule has 0 amide bonds. The molecular formula is C21H16F4N2O2S2. The van der Waals surface area contributed by atoms with Crippen LogP contribution in [0, 0.1) is 5.82 Å². The topological polar surface area (TPSA) is 50.4 Å². The quantitative estimate of drug-likeness (QED) is 0.252. The molecule has 0 aliphatic carbocycles. The molecule has 2 aromatic carbocycles. The van der Waals surface area contributed by atoms with Crippen molar-refractivity contribution in [3.8, 4) is 10.4 Å². The van der Waals surface area contributed by atoms with Gasteiger partial charge in [-0.25, -0.2) is 9.18 Å². The van der Waals surface area contributed by atoms with Gasteiger partial charge in [0.05, 0.1) is 23.4 Å². The molecule has 0 unspecified atom stereocenters. The lowest BCUT2D eigenvalue weighted by molar-refractivity contribution is -0.137. The second kappa shape index (κ2) is 9.44. The first kappa shape index (κ1) is 22.7. The Bertz CT molecular complexity index is 1100. The normalized spacial score (nSPS) is 11.1. The van der Waals surface area contributed by atoms with Gasteiger partial charge in [-0.3, -0.25) is 0 Å². The van der Waals surface area contributed by atoms with Crippen LogP contribution in [-0.4, -0.2) is 17.7 Å². The molecule has 31 heavy (non-hydrogen) atoms. The van der Waals surface area contributed by atoms with Gasteiger partial charge in [0.1, 0.15) is 10.8 Å². The first-order valence-corrected chi connectivity index (χ1v) is 10.2. The number of anilines is 2. The molecule has 0 saturated carbocycles. The van der Waals surface area contributed by atoms with Crippen LogP contribution in [0.1, 0.15) is 22.8 Å². The number of benzene rings is 2. The van der Waals surface area contributed by atoms with Crippen LogP contribution in [0.3, 0.4) is 0 Å². The van der Waals surface area contributed by atoms with Crippen LogP contribution in [0.2, 0.25) is 0 Å². The highest BCUT2D eigenvalue weighted by Gasteiger charge is 2.31. The van der Waals surface area contributed by atoms with Crippen molar-refractivity contribution in [1.29, 1.82) is 0 Å². The van der Waals surface area contributed by atoms with E-state index in [1.54, 1.807) is 13.0 Å². The van der Waals surface area contributed by atoms with Gasteiger partial charge in [-0.05, 0) is 49.0 Å². The minimum absolute atomic E-state index is 0.160. The maximum atomic E-state index is 14.0.